The van der Waals surface area contributed by atoms with Crippen molar-refractivity contribution in [3.63, 3.8) is 0 Å². The molecular weight excluding hydrogens is 450 g/mol. The van der Waals surface area contributed by atoms with Gasteiger partial charge in [-0.3, -0.25) is 0 Å². The van der Waals surface area contributed by atoms with E-state index in [1.807, 2.05) is 13.8 Å². The zero-order valence-corrected chi connectivity index (χ0v) is 19.5. The first-order chi connectivity index (χ1) is 12.4. The minimum atomic E-state index is -0.685. The Morgan fingerprint density at radius 3 is 1.70 bits per heavy atom. The predicted molar refractivity (Wildman–Crippen MR) is 103 cm³/mol. The van der Waals surface area contributed by atoms with E-state index in [2.05, 4.69) is 84.9 Å². The number of allylic oxidation sites excluding steroid dienone is 1. The van der Waals surface area contributed by atoms with Crippen molar-refractivity contribution in [2.75, 3.05) is 0 Å². The third-order valence-corrected chi connectivity index (χ3v) is 9.45. The fraction of sp³-hybridized carbons (Fsp3) is 0.167. The molecule has 0 amide bonds. The van der Waals surface area contributed by atoms with Crippen LogP contribution in [0.25, 0.3) is 17.2 Å². The van der Waals surface area contributed by atoms with Crippen molar-refractivity contribution in [2.45, 2.75) is 21.1 Å². The molecule has 2 aliphatic rings. The van der Waals surface area contributed by atoms with Gasteiger partial charge in [0.2, 0.25) is 0 Å². The molecule has 0 heterocycles. The van der Waals surface area contributed by atoms with Gasteiger partial charge in [0.15, 0.2) is 0 Å². The first-order valence-corrected chi connectivity index (χ1v) is 12.0. The quantitative estimate of drug-likeness (QED) is 0.514. The summed E-state index contributed by atoms with van der Waals surface area (Å²) in [5.74, 6) is 0. The van der Waals surface area contributed by atoms with Gasteiger partial charge in [-0.25, -0.2) is 0 Å². The molecule has 136 valence electrons. The van der Waals surface area contributed by atoms with Crippen molar-refractivity contribution >= 4 is 6.08 Å². The maximum Gasteiger partial charge on any atom is -0.0683 e. The Morgan fingerprint density at radius 2 is 1.11 bits per heavy atom. The van der Waals surface area contributed by atoms with E-state index in [0.29, 0.717) is 7.25 Å². The number of halogens is 2. The van der Waals surface area contributed by atoms with Crippen LogP contribution in [0.2, 0.25) is 0 Å². The molecule has 0 N–H and O–H groups in total. The summed E-state index contributed by atoms with van der Waals surface area (Å²) < 4.78 is 1.37. The number of fused-ring (bicyclic) bond motifs is 4. The Morgan fingerprint density at radius 1 is 0.630 bits per heavy atom. The molecule has 0 saturated heterocycles. The van der Waals surface area contributed by atoms with E-state index in [0.717, 1.165) is 0 Å². The molecule has 0 radical (unpaired) electrons. The van der Waals surface area contributed by atoms with E-state index in [1.165, 1.54) is 16.7 Å². The van der Waals surface area contributed by atoms with Crippen LogP contribution in [0.4, 0.5) is 0 Å². The van der Waals surface area contributed by atoms with Gasteiger partial charge in [-0.2, -0.15) is 0 Å². The molecule has 0 bridgehead atoms. The molecule has 0 aliphatic heterocycles. The van der Waals surface area contributed by atoms with Crippen molar-refractivity contribution in [1.29, 1.82) is 0 Å². The minimum absolute atomic E-state index is 0. The molecule has 3 heteroatoms. The smallest absolute Gasteiger partial charge is 0.0683 e. The molecule has 5 rings (SSSR count). The second-order valence-electron chi connectivity index (χ2n) is 6.24. The standard InChI is InChI=1S/C13H9.C9H7.C2H6.2ClH.Zr/c1-3-7-12-10(5-1)9-11-6-2-4-8-13(11)12;1-2-5-9-7-3-6-8(9)4-1;1-2;;;/h1-9H;1-7H;1-2H3;2*1H;/q;;;;;+2/p-2. The summed E-state index contributed by atoms with van der Waals surface area (Å²) in [7, 11) is 0. The monoisotopic (exact) mass is 470 g/mol. The second-order valence-corrected chi connectivity index (χ2v) is 10.0. The van der Waals surface area contributed by atoms with Crippen LogP contribution in [0.3, 0.4) is 0 Å². The fourth-order valence-electron chi connectivity index (χ4n) is 3.91. The molecule has 0 fully saturated rings. The SMILES string of the molecule is C1=C[CH]([Zr+2][CH]2c3ccccc3-c3ccccc32)c2ccccc21.CC.[Cl-].[Cl-]. The van der Waals surface area contributed by atoms with Crippen molar-refractivity contribution in [2.24, 2.45) is 0 Å². The first-order valence-electron chi connectivity index (χ1n) is 9.13. The zero-order valence-electron chi connectivity index (χ0n) is 15.5. The third-order valence-electron chi connectivity index (χ3n) is 4.98. The predicted octanol–water partition coefficient (Wildman–Crippen LogP) is 0.641. The number of hydrogen-bond acceptors (Lipinski definition) is 0. The largest absolute Gasteiger partial charge is 1.00 e. The van der Waals surface area contributed by atoms with Gasteiger partial charge >= 0.3 is 149 Å². The molecule has 3 aromatic rings. The van der Waals surface area contributed by atoms with E-state index in [9.17, 15) is 0 Å². The van der Waals surface area contributed by atoms with Crippen LogP contribution in [0.1, 0.15) is 43.4 Å². The zero-order chi connectivity index (χ0) is 17.2. The molecule has 1 unspecified atom stereocenters. The Kier molecular flexibility index (Phi) is 8.10. The Balaban J connectivity index is 0.000000634. The average molecular weight is 473 g/mol. The molecule has 1 atom stereocenters. The summed E-state index contributed by atoms with van der Waals surface area (Å²) in [6.45, 7) is 4.00. The molecule has 27 heavy (non-hydrogen) atoms. The molecule has 2 aliphatic carbocycles. The summed E-state index contributed by atoms with van der Waals surface area (Å²) in [4.78, 5) is 0. The van der Waals surface area contributed by atoms with Crippen LogP contribution in [0, 0.1) is 0 Å². The van der Waals surface area contributed by atoms with Gasteiger partial charge < -0.3 is 24.8 Å². The van der Waals surface area contributed by atoms with E-state index in [1.54, 1.807) is 16.7 Å². The van der Waals surface area contributed by atoms with Crippen molar-refractivity contribution < 1.29 is 48.0 Å². The minimum Gasteiger partial charge on any atom is -1.00 e. The normalized spacial score (nSPS) is 15.1. The van der Waals surface area contributed by atoms with Crippen LogP contribution in [0.15, 0.2) is 78.9 Å². The van der Waals surface area contributed by atoms with Crippen LogP contribution in [-0.2, 0) is 23.2 Å². The van der Waals surface area contributed by atoms with Crippen molar-refractivity contribution in [3.8, 4) is 11.1 Å². The summed E-state index contributed by atoms with van der Waals surface area (Å²) in [6, 6.07) is 27.0. The average Bonchev–Trinajstić information content (AvgIpc) is 3.24. The number of hydrogen-bond donors (Lipinski definition) is 0. The fourth-order valence-corrected chi connectivity index (χ4v) is 8.51. The van der Waals surface area contributed by atoms with Gasteiger partial charge in [-0.05, 0) is 0 Å². The summed E-state index contributed by atoms with van der Waals surface area (Å²) >= 11 is -0.685. The molecule has 3 aromatic carbocycles. The van der Waals surface area contributed by atoms with E-state index >= 15 is 0 Å². The van der Waals surface area contributed by atoms with Gasteiger partial charge in [0, 0.05) is 0 Å². The maximum absolute atomic E-state index is 2.46. The Bertz CT molecular complexity index is 887. The van der Waals surface area contributed by atoms with E-state index in [4.69, 9.17) is 0 Å². The third kappa shape index (κ3) is 4.02. The van der Waals surface area contributed by atoms with Crippen LogP contribution in [-0.4, -0.2) is 0 Å². The molecule has 0 nitrogen and oxygen atoms in total. The molecule has 0 saturated carbocycles. The van der Waals surface area contributed by atoms with Gasteiger partial charge in [0.1, 0.15) is 0 Å². The van der Waals surface area contributed by atoms with Gasteiger partial charge in [-0.1, -0.05) is 13.8 Å². The van der Waals surface area contributed by atoms with Gasteiger partial charge in [0.25, 0.3) is 0 Å². The van der Waals surface area contributed by atoms with Crippen LogP contribution < -0.4 is 24.8 Å². The van der Waals surface area contributed by atoms with Gasteiger partial charge in [-0.15, -0.1) is 0 Å². The van der Waals surface area contributed by atoms with Gasteiger partial charge in [0.05, 0.1) is 0 Å². The van der Waals surface area contributed by atoms with Crippen molar-refractivity contribution in [1.82, 2.24) is 0 Å². The summed E-state index contributed by atoms with van der Waals surface area (Å²) in [6.07, 6.45) is 4.79. The second kappa shape index (κ2) is 9.88. The van der Waals surface area contributed by atoms with Crippen molar-refractivity contribution in [3.05, 3.63) is 101 Å². The molecular formula is C24H22Cl2Zr. The Hall–Kier alpha value is -1.14. The molecule has 0 spiro atoms. The van der Waals surface area contributed by atoms with E-state index in [-0.39, 0.29) is 24.8 Å². The van der Waals surface area contributed by atoms with E-state index < -0.39 is 23.2 Å². The summed E-state index contributed by atoms with van der Waals surface area (Å²) in [5, 5.41) is 0. The molecule has 0 aromatic heterocycles. The van der Waals surface area contributed by atoms with Crippen LogP contribution >= 0.6 is 0 Å². The maximum atomic E-state index is 2.46. The first kappa shape index (κ1) is 22.2. The number of benzene rings is 3. The Labute approximate surface area is 186 Å². The summed E-state index contributed by atoms with van der Waals surface area (Å²) in [5.41, 5.74) is 9.05. The topological polar surface area (TPSA) is 0 Å². The van der Waals surface area contributed by atoms with Crippen LogP contribution in [0.5, 0.6) is 0 Å². The number of rotatable bonds is 2.